The molecule has 1 aliphatic heterocycles. The first-order valence-electron chi connectivity index (χ1n) is 6.39. The summed E-state index contributed by atoms with van der Waals surface area (Å²) in [6, 6.07) is 9.80. The summed E-state index contributed by atoms with van der Waals surface area (Å²) in [4.78, 5) is 14.4. The molecule has 2 aromatic rings. The second kappa shape index (κ2) is 6.52. The van der Waals surface area contributed by atoms with Gasteiger partial charge >= 0.3 is 0 Å². The highest BCUT2D eigenvalue weighted by atomic mass is 32.2. The van der Waals surface area contributed by atoms with E-state index in [4.69, 9.17) is 0 Å². The molecule has 3 rings (SSSR count). The molecule has 0 N–H and O–H groups in total. The zero-order valence-corrected chi connectivity index (χ0v) is 14.7. The molecule has 0 radical (unpaired) electrons. The molecule has 0 aliphatic carbocycles. The fourth-order valence-electron chi connectivity index (χ4n) is 2.05. The maximum Gasteiger partial charge on any atom is 0.281 e. The summed E-state index contributed by atoms with van der Waals surface area (Å²) in [5.41, 5.74) is 0.938. The smallest absolute Gasteiger partial charge is 0.281 e. The summed E-state index contributed by atoms with van der Waals surface area (Å²) in [7, 11) is 1.85. The number of nitrogens with zero attached hydrogens (tertiary/aromatic N) is 1. The number of carbonyl (C=O) groups is 1. The van der Waals surface area contributed by atoms with Crippen molar-refractivity contribution in [3.05, 3.63) is 56.1 Å². The van der Waals surface area contributed by atoms with Gasteiger partial charge < -0.3 is 4.90 Å². The van der Waals surface area contributed by atoms with Gasteiger partial charge in [-0.3, -0.25) is 4.79 Å². The minimum Gasteiger partial charge on any atom is -0.315 e. The minimum atomic E-state index is -0.182. The van der Waals surface area contributed by atoms with Crippen LogP contribution in [0, 0.1) is 0 Å². The quantitative estimate of drug-likeness (QED) is 0.701. The van der Waals surface area contributed by atoms with Crippen molar-refractivity contribution in [3.63, 3.8) is 0 Å². The average molecular weight is 353 g/mol. The van der Waals surface area contributed by atoms with E-state index in [2.05, 4.69) is 21.6 Å². The normalized spacial score (nSPS) is 16.0. The van der Waals surface area contributed by atoms with Gasteiger partial charge in [-0.15, -0.1) is 23.5 Å². The fourth-order valence-corrected chi connectivity index (χ4v) is 7.01. The van der Waals surface area contributed by atoms with E-state index in [1.807, 2.05) is 37.4 Å². The van der Waals surface area contributed by atoms with Gasteiger partial charge in [-0.1, -0.05) is 18.2 Å². The van der Waals surface area contributed by atoms with Crippen molar-refractivity contribution in [2.24, 2.45) is 0 Å². The molecule has 1 aliphatic rings. The van der Waals surface area contributed by atoms with E-state index in [1.54, 1.807) is 51.1 Å². The van der Waals surface area contributed by atoms with Gasteiger partial charge in [0.25, 0.3) is 4.19 Å². The third-order valence-electron chi connectivity index (χ3n) is 3.19. The van der Waals surface area contributed by atoms with Gasteiger partial charge in [-0.25, -0.2) is 0 Å². The Hall–Kier alpha value is -0.820. The highest BCUT2D eigenvalue weighted by Crippen LogP contribution is 2.57. The number of hydrogen-bond donors (Lipinski definition) is 0. The van der Waals surface area contributed by atoms with E-state index in [0.717, 1.165) is 5.69 Å². The van der Waals surface area contributed by atoms with Crippen LogP contribution in [0.3, 0.4) is 0 Å². The first kappa shape index (κ1) is 15.1. The molecule has 6 heteroatoms. The topological polar surface area (TPSA) is 20.3 Å². The van der Waals surface area contributed by atoms with Gasteiger partial charge in [0.15, 0.2) is 4.08 Å². The van der Waals surface area contributed by atoms with Crippen molar-refractivity contribution < 1.29 is 4.79 Å². The van der Waals surface area contributed by atoms with Crippen molar-refractivity contribution in [3.8, 4) is 0 Å². The van der Waals surface area contributed by atoms with Crippen LogP contribution in [0.25, 0.3) is 0 Å². The lowest BCUT2D eigenvalue weighted by molar-refractivity contribution is -0.118. The van der Waals surface area contributed by atoms with Crippen LogP contribution in [0.5, 0.6) is 0 Å². The standard InChI is InChI=1S/C15H14NOS4/c1-16(12-5-3-2-4-6-12)13(17)11-15(20-9-10-21-15)14-18-7-8-19-14/h2-10H,11H2,1H3/q+1. The molecule has 0 atom stereocenters. The summed E-state index contributed by atoms with van der Waals surface area (Å²) in [6.45, 7) is 0. The Morgan fingerprint density at radius 2 is 1.95 bits per heavy atom. The summed E-state index contributed by atoms with van der Waals surface area (Å²) in [5, 5.41) is 8.36. The number of carbonyl (C=O) groups excluding carboxylic acids is 1. The first-order valence-corrected chi connectivity index (χ1v) is 9.91. The van der Waals surface area contributed by atoms with Crippen molar-refractivity contribution in [2.75, 3.05) is 11.9 Å². The number of anilines is 1. The summed E-state index contributed by atoms with van der Waals surface area (Å²) in [5.74, 6) is 0.144. The van der Waals surface area contributed by atoms with E-state index in [-0.39, 0.29) is 9.99 Å². The van der Waals surface area contributed by atoms with E-state index in [1.165, 1.54) is 4.19 Å². The summed E-state index contributed by atoms with van der Waals surface area (Å²) >= 11 is 6.96. The summed E-state index contributed by atoms with van der Waals surface area (Å²) < 4.78 is 1.11. The zero-order valence-electron chi connectivity index (χ0n) is 11.4. The molecule has 21 heavy (non-hydrogen) atoms. The number of benzene rings is 1. The molecule has 2 heterocycles. The molecule has 1 aromatic heterocycles. The molecule has 0 saturated heterocycles. The molecule has 0 spiro atoms. The van der Waals surface area contributed by atoms with Crippen molar-refractivity contribution in [2.45, 2.75) is 10.5 Å². The SMILES string of the molecule is CN(C(=O)CC1(c2scc[s+]2)SC=CS1)c1ccccc1. The lowest BCUT2D eigenvalue weighted by Gasteiger charge is -2.24. The Morgan fingerprint density at radius 3 is 2.57 bits per heavy atom. The second-order valence-corrected chi connectivity index (χ2v) is 9.28. The number of thioether (sulfide) groups is 2. The van der Waals surface area contributed by atoms with Gasteiger partial charge in [0.05, 0.1) is 29.1 Å². The Balaban J connectivity index is 1.79. The fraction of sp³-hybridized carbons (Fsp3) is 0.200. The molecule has 0 saturated carbocycles. The van der Waals surface area contributed by atoms with Crippen molar-refractivity contribution in [1.29, 1.82) is 0 Å². The largest absolute Gasteiger partial charge is 0.315 e. The van der Waals surface area contributed by atoms with E-state index < -0.39 is 0 Å². The highest BCUT2D eigenvalue weighted by molar-refractivity contribution is 8.23. The van der Waals surface area contributed by atoms with Crippen LogP contribution in [-0.4, -0.2) is 13.0 Å². The van der Waals surface area contributed by atoms with Gasteiger partial charge in [-0.05, 0) is 22.9 Å². The van der Waals surface area contributed by atoms with Crippen LogP contribution < -0.4 is 4.90 Å². The number of rotatable bonds is 4. The number of amides is 1. The lowest BCUT2D eigenvalue weighted by atomic mass is 10.2. The van der Waals surface area contributed by atoms with Gasteiger partial charge in [0, 0.05) is 12.7 Å². The predicted octanol–water partition coefficient (Wildman–Crippen LogP) is 5.25. The molecular formula is C15H14NOS4+. The maximum absolute atomic E-state index is 12.7. The Morgan fingerprint density at radius 1 is 1.24 bits per heavy atom. The van der Waals surface area contributed by atoms with Crippen LogP contribution >= 0.6 is 46.2 Å². The third-order valence-corrected chi connectivity index (χ3v) is 8.88. The molecule has 1 aromatic carbocycles. The molecule has 0 fully saturated rings. The summed E-state index contributed by atoms with van der Waals surface area (Å²) in [6.07, 6.45) is 0.498. The van der Waals surface area contributed by atoms with Crippen LogP contribution in [0.4, 0.5) is 5.69 Å². The van der Waals surface area contributed by atoms with E-state index >= 15 is 0 Å². The van der Waals surface area contributed by atoms with Gasteiger partial charge in [0.2, 0.25) is 5.91 Å². The van der Waals surface area contributed by atoms with Gasteiger partial charge in [-0.2, -0.15) is 0 Å². The Labute approximate surface area is 140 Å². The minimum absolute atomic E-state index is 0.144. The molecule has 1 amide bonds. The molecule has 108 valence electrons. The average Bonchev–Trinajstić information content (AvgIpc) is 3.19. The van der Waals surface area contributed by atoms with Crippen LogP contribution in [0.2, 0.25) is 0 Å². The predicted molar refractivity (Wildman–Crippen MR) is 97.1 cm³/mol. The van der Waals surface area contributed by atoms with Crippen LogP contribution in [-0.2, 0) is 8.87 Å². The molecule has 2 nitrogen and oxygen atoms in total. The molecular weight excluding hydrogens is 338 g/mol. The van der Waals surface area contributed by atoms with E-state index in [9.17, 15) is 4.79 Å². The van der Waals surface area contributed by atoms with Crippen molar-refractivity contribution in [1.82, 2.24) is 0 Å². The van der Waals surface area contributed by atoms with Crippen LogP contribution in [0.1, 0.15) is 10.6 Å². The number of hydrogen-bond acceptors (Lipinski definition) is 4. The molecule has 0 unspecified atom stereocenters. The van der Waals surface area contributed by atoms with Crippen molar-refractivity contribution >= 4 is 57.8 Å². The monoisotopic (exact) mass is 352 g/mol. The highest BCUT2D eigenvalue weighted by Gasteiger charge is 2.45. The maximum atomic E-state index is 12.7. The van der Waals surface area contributed by atoms with Crippen LogP contribution in [0.15, 0.2) is 51.9 Å². The second-order valence-electron chi connectivity index (χ2n) is 4.52. The number of para-hydroxylation sites is 1. The Bertz CT molecular complexity index is 631. The zero-order chi connectivity index (χ0) is 14.7. The lowest BCUT2D eigenvalue weighted by Crippen LogP contribution is -2.31. The Kier molecular flexibility index (Phi) is 4.69. The van der Waals surface area contributed by atoms with E-state index in [0.29, 0.717) is 6.42 Å². The third kappa shape index (κ3) is 3.18. The first-order chi connectivity index (χ1) is 10.2. The molecule has 0 bridgehead atoms. The van der Waals surface area contributed by atoms with Gasteiger partial charge in [0.1, 0.15) is 10.8 Å².